The molecule has 118 valence electrons. The standard InChI is InChI=1S/C17H22N2O3/c1-3-18-16-15(17(20)22-4-2)10-11-19(16)13-21-12-14-8-6-5-7-9-14/h5-11,18H,3-4,12-13H2,1-2H3. The number of esters is 1. The van der Waals surface area contributed by atoms with Gasteiger partial charge in [-0.2, -0.15) is 0 Å². The van der Waals surface area contributed by atoms with Crippen molar-refractivity contribution in [1.29, 1.82) is 0 Å². The number of rotatable bonds is 8. The number of benzene rings is 1. The van der Waals surface area contributed by atoms with Crippen LogP contribution in [0.4, 0.5) is 5.82 Å². The Morgan fingerprint density at radius 3 is 2.64 bits per heavy atom. The zero-order valence-electron chi connectivity index (χ0n) is 13.0. The molecule has 1 aromatic heterocycles. The van der Waals surface area contributed by atoms with Gasteiger partial charge in [-0.1, -0.05) is 30.3 Å². The minimum absolute atomic E-state index is 0.319. The number of carbonyl (C=O) groups excluding carboxylic acids is 1. The maximum atomic E-state index is 11.9. The Morgan fingerprint density at radius 2 is 1.95 bits per heavy atom. The van der Waals surface area contributed by atoms with Crippen molar-refractivity contribution in [2.24, 2.45) is 0 Å². The van der Waals surface area contributed by atoms with E-state index in [9.17, 15) is 4.79 Å². The van der Waals surface area contributed by atoms with E-state index in [1.807, 2.05) is 48.0 Å². The topological polar surface area (TPSA) is 52.5 Å². The van der Waals surface area contributed by atoms with Gasteiger partial charge in [0.2, 0.25) is 0 Å². The largest absolute Gasteiger partial charge is 0.462 e. The smallest absolute Gasteiger partial charge is 0.341 e. The van der Waals surface area contributed by atoms with E-state index in [0.29, 0.717) is 25.5 Å². The molecule has 0 saturated carbocycles. The highest BCUT2D eigenvalue weighted by molar-refractivity contribution is 5.95. The molecule has 22 heavy (non-hydrogen) atoms. The van der Waals surface area contributed by atoms with Crippen LogP contribution in [0.5, 0.6) is 0 Å². The molecule has 0 fully saturated rings. The summed E-state index contributed by atoms with van der Waals surface area (Å²) in [4.78, 5) is 11.9. The number of aromatic nitrogens is 1. The Bertz CT molecular complexity index is 593. The van der Waals surface area contributed by atoms with Gasteiger partial charge in [0, 0.05) is 12.7 Å². The number of nitrogens with zero attached hydrogens (tertiary/aromatic N) is 1. The highest BCUT2D eigenvalue weighted by Gasteiger charge is 2.16. The van der Waals surface area contributed by atoms with E-state index < -0.39 is 0 Å². The van der Waals surface area contributed by atoms with Crippen molar-refractivity contribution in [1.82, 2.24) is 4.57 Å². The molecule has 0 aliphatic rings. The second-order valence-corrected chi connectivity index (χ2v) is 4.76. The van der Waals surface area contributed by atoms with Crippen LogP contribution in [-0.2, 0) is 22.8 Å². The molecular weight excluding hydrogens is 280 g/mol. The van der Waals surface area contributed by atoms with Crippen LogP contribution in [0.25, 0.3) is 0 Å². The first-order valence-electron chi connectivity index (χ1n) is 7.48. The van der Waals surface area contributed by atoms with Crippen molar-refractivity contribution in [3.63, 3.8) is 0 Å². The molecular formula is C17H22N2O3. The van der Waals surface area contributed by atoms with Crippen molar-refractivity contribution in [3.05, 3.63) is 53.7 Å². The summed E-state index contributed by atoms with van der Waals surface area (Å²) in [5.74, 6) is 0.411. The zero-order chi connectivity index (χ0) is 15.8. The van der Waals surface area contributed by atoms with Crippen LogP contribution in [0, 0.1) is 0 Å². The maximum Gasteiger partial charge on any atom is 0.341 e. The number of ether oxygens (including phenoxy) is 2. The van der Waals surface area contributed by atoms with Gasteiger partial charge in [-0.3, -0.25) is 0 Å². The molecule has 0 unspecified atom stereocenters. The summed E-state index contributed by atoms with van der Waals surface area (Å²) in [7, 11) is 0. The van der Waals surface area contributed by atoms with E-state index in [0.717, 1.165) is 17.9 Å². The van der Waals surface area contributed by atoms with Crippen molar-refractivity contribution < 1.29 is 14.3 Å². The van der Waals surface area contributed by atoms with Gasteiger partial charge in [-0.05, 0) is 25.5 Å². The first-order chi connectivity index (χ1) is 10.8. The first kappa shape index (κ1) is 16.1. The number of anilines is 1. The molecule has 0 saturated heterocycles. The molecule has 1 N–H and O–H groups in total. The van der Waals surface area contributed by atoms with Crippen LogP contribution in [0.15, 0.2) is 42.6 Å². The monoisotopic (exact) mass is 302 g/mol. The number of carbonyl (C=O) groups is 1. The molecule has 0 bridgehead atoms. The Hall–Kier alpha value is -2.27. The first-order valence-corrected chi connectivity index (χ1v) is 7.48. The molecule has 0 atom stereocenters. The van der Waals surface area contributed by atoms with E-state index in [4.69, 9.17) is 9.47 Å². The van der Waals surface area contributed by atoms with Crippen LogP contribution >= 0.6 is 0 Å². The molecule has 0 radical (unpaired) electrons. The third-order valence-electron chi connectivity index (χ3n) is 3.14. The third kappa shape index (κ3) is 4.11. The van der Waals surface area contributed by atoms with Gasteiger partial charge in [0.05, 0.1) is 13.2 Å². The molecule has 5 nitrogen and oxygen atoms in total. The van der Waals surface area contributed by atoms with E-state index in [1.165, 1.54) is 0 Å². The van der Waals surface area contributed by atoms with Crippen molar-refractivity contribution in [2.75, 3.05) is 18.5 Å². The van der Waals surface area contributed by atoms with Crippen LogP contribution in [0.1, 0.15) is 29.8 Å². The van der Waals surface area contributed by atoms with E-state index in [2.05, 4.69) is 5.32 Å². The molecule has 0 aliphatic carbocycles. The summed E-state index contributed by atoms with van der Waals surface area (Å²) in [5.41, 5.74) is 1.65. The fraction of sp³-hybridized carbons (Fsp3) is 0.353. The second-order valence-electron chi connectivity index (χ2n) is 4.76. The average molecular weight is 302 g/mol. The SMILES string of the molecule is CCNc1c(C(=O)OCC)ccn1COCc1ccccc1. The van der Waals surface area contributed by atoms with Gasteiger partial charge in [-0.25, -0.2) is 4.79 Å². The molecule has 5 heteroatoms. The zero-order valence-corrected chi connectivity index (χ0v) is 13.0. The van der Waals surface area contributed by atoms with Crippen LogP contribution < -0.4 is 5.32 Å². The highest BCUT2D eigenvalue weighted by atomic mass is 16.5. The number of nitrogens with one attached hydrogen (secondary N) is 1. The average Bonchev–Trinajstić information content (AvgIpc) is 2.92. The van der Waals surface area contributed by atoms with Crippen LogP contribution in [0.3, 0.4) is 0 Å². The van der Waals surface area contributed by atoms with Gasteiger partial charge in [-0.15, -0.1) is 0 Å². The molecule has 0 spiro atoms. The molecule has 0 amide bonds. The van der Waals surface area contributed by atoms with Crippen molar-refractivity contribution >= 4 is 11.8 Å². The van der Waals surface area contributed by atoms with E-state index >= 15 is 0 Å². The predicted molar refractivity (Wildman–Crippen MR) is 85.8 cm³/mol. The Balaban J connectivity index is 2.02. The number of hydrogen-bond acceptors (Lipinski definition) is 4. The summed E-state index contributed by atoms with van der Waals surface area (Å²) < 4.78 is 12.7. The molecule has 2 aromatic rings. The minimum atomic E-state index is -0.319. The third-order valence-corrected chi connectivity index (χ3v) is 3.14. The lowest BCUT2D eigenvalue weighted by atomic mass is 10.2. The molecule has 2 rings (SSSR count). The van der Waals surface area contributed by atoms with E-state index in [1.54, 1.807) is 13.0 Å². The van der Waals surface area contributed by atoms with Crippen molar-refractivity contribution in [2.45, 2.75) is 27.2 Å². The molecule has 1 aromatic carbocycles. The predicted octanol–water partition coefficient (Wildman–Crippen LogP) is 3.27. The maximum absolute atomic E-state index is 11.9. The van der Waals surface area contributed by atoms with Gasteiger partial charge < -0.3 is 19.4 Å². The molecule has 0 aliphatic heterocycles. The van der Waals surface area contributed by atoms with Gasteiger partial charge in [0.15, 0.2) is 0 Å². The van der Waals surface area contributed by atoms with Crippen molar-refractivity contribution in [3.8, 4) is 0 Å². The summed E-state index contributed by atoms with van der Waals surface area (Å²) in [6.07, 6.45) is 1.83. The normalized spacial score (nSPS) is 10.5. The van der Waals surface area contributed by atoms with Crippen LogP contribution in [0.2, 0.25) is 0 Å². The van der Waals surface area contributed by atoms with E-state index in [-0.39, 0.29) is 5.97 Å². The highest BCUT2D eigenvalue weighted by Crippen LogP contribution is 2.19. The Kier molecular flexibility index (Phi) is 6.03. The summed E-state index contributed by atoms with van der Waals surface area (Å²) in [6.45, 7) is 5.76. The lowest BCUT2D eigenvalue weighted by Crippen LogP contribution is -2.12. The molecule has 1 heterocycles. The van der Waals surface area contributed by atoms with Gasteiger partial charge in [0.1, 0.15) is 18.1 Å². The number of hydrogen-bond donors (Lipinski definition) is 1. The lowest BCUT2D eigenvalue weighted by Gasteiger charge is -2.12. The van der Waals surface area contributed by atoms with Gasteiger partial charge >= 0.3 is 5.97 Å². The summed E-state index contributed by atoms with van der Waals surface area (Å²) >= 11 is 0. The Labute approximate surface area is 130 Å². The fourth-order valence-corrected chi connectivity index (χ4v) is 2.15. The summed E-state index contributed by atoms with van der Waals surface area (Å²) in [6, 6.07) is 11.7. The second kappa shape index (κ2) is 8.24. The van der Waals surface area contributed by atoms with Crippen LogP contribution in [-0.4, -0.2) is 23.7 Å². The van der Waals surface area contributed by atoms with Gasteiger partial charge in [0.25, 0.3) is 0 Å². The lowest BCUT2D eigenvalue weighted by molar-refractivity contribution is 0.0524. The summed E-state index contributed by atoms with van der Waals surface area (Å²) in [5, 5.41) is 3.19. The minimum Gasteiger partial charge on any atom is -0.462 e. The fourth-order valence-electron chi connectivity index (χ4n) is 2.15. The quantitative estimate of drug-likeness (QED) is 0.760. The Morgan fingerprint density at radius 1 is 1.18 bits per heavy atom.